The number of nitrogens with zero attached hydrogens (tertiary/aromatic N) is 2. The normalized spacial score (nSPS) is 12.1. The van der Waals surface area contributed by atoms with Crippen LogP contribution >= 0.6 is 0 Å². The Morgan fingerprint density at radius 1 is 1.14 bits per heavy atom. The summed E-state index contributed by atoms with van der Waals surface area (Å²) in [6.07, 6.45) is 1.21. The first-order valence-corrected chi connectivity index (χ1v) is 5.43. The topological polar surface area (TPSA) is 46.4 Å². The Morgan fingerprint density at radius 3 is 1.79 bits per heavy atom. The molecule has 0 aromatic rings. The van der Waals surface area contributed by atoms with Crippen molar-refractivity contribution in [1.82, 2.24) is 4.90 Å². The van der Waals surface area contributed by atoms with Crippen LogP contribution in [0.15, 0.2) is 0 Å². The molecule has 0 saturated heterocycles. The monoisotopic (exact) mass is 202 g/mol. The summed E-state index contributed by atoms with van der Waals surface area (Å²) in [5.74, 6) is 0. The Morgan fingerprint density at radius 2 is 1.57 bits per heavy atom. The number of likely N-dealkylation sites (N-methyl/N-ethyl adjacent to an activating group) is 1. The smallest absolute Gasteiger partial charge is 0.234 e. The summed E-state index contributed by atoms with van der Waals surface area (Å²) in [6, 6.07) is 0. The molecule has 0 unspecified atom stereocenters. The van der Waals surface area contributed by atoms with Gasteiger partial charge in [-0.25, -0.2) is 0 Å². The first-order valence-electron chi connectivity index (χ1n) is 5.43. The summed E-state index contributed by atoms with van der Waals surface area (Å²) in [5, 5.41) is 11.0. The maximum Gasteiger partial charge on any atom is 0.234 e. The largest absolute Gasteiger partial charge is 0.297 e. The van der Waals surface area contributed by atoms with Gasteiger partial charge < -0.3 is 0 Å². The lowest BCUT2D eigenvalue weighted by molar-refractivity contribution is -0.572. The summed E-state index contributed by atoms with van der Waals surface area (Å²) < 4.78 is 0. The third-order valence-electron chi connectivity index (χ3n) is 3.12. The molecule has 0 rings (SSSR count). The Bertz CT molecular complexity index is 175. The summed E-state index contributed by atoms with van der Waals surface area (Å²) in [6.45, 7) is 10.2. The molecule has 0 atom stereocenters. The van der Waals surface area contributed by atoms with Crippen molar-refractivity contribution in [2.45, 2.75) is 46.1 Å². The fourth-order valence-electron chi connectivity index (χ4n) is 1.65. The van der Waals surface area contributed by atoms with Crippen molar-refractivity contribution in [2.75, 3.05) is 19.6 Å². The molecule has 0 fully saturated rings. The van der Waals surface area contributed by atoms with Crippen molar-refractivity contribution in [3.63, 3.8) is 0 Å². The summed E-state index contributed by atoms with van der Waals surface area (Å²) >= 11 is 0. The zero-order valence-corrected chi connectivity index (χ0v) is 9.75. The van der Waals surface area contributed by atoms with Crippen LogP contribution in [0.3, 0.4) is 0 Å². The molecule has 0 aromatic heterocycles. The van der Waals surface area contributed by atoms with Gasteiger partial charge in [-0.3, -0.25) is 15.0 Å². The van der Waals surface area contributed by atoms with E-state index in [0.29, 0.717) is 19.4 Å². The van der Waals surface area contributed by atoms with Gasteiger partial charge in [-0.05, 0) is 13.1 Å². The highest BCUT2D eigenvalue weighted by Gasteiger charge is 2.39. The second-order valence-electron chi connectivity index (χ2n) is 3.65. The second-order valence-corrected chi connectivity index (χ2v) is 3.65. The zero-order chi connectivity index (χ0) is 11.2. The van der Waals surface area contributed by atoms with Crippen LogP contribution < -0.4 is 0 Å². The van der Waals surface area contributed by atoms with E-state index >= 15 is 0 Å². The van der Waals surface area contributed by atoms with Gasteiger partial charge in [0.25, 0.3) is 0 Å². The molecule has 0 aliphatic heterocycles. The molecule has 0 aliphatic carbocycles. The van der Waals surface area contributed by atoms with E-state index in [2.05, 4.69) is 4.90 Å². The Balaban J connectivity index is 4.56. The standard InChI is InChI=1S/C10H22N2O2/c1-5-10(6-2,12(13)14)9-11(7-3)8-4/h5-9H2,1-4H3. The van der Waals surface area contributed by atoms with Crippen molar-refractivity contribution in [3.05, 3.63) is 10.1 Å². The fraction of sp³-hybridized carbons (Fsp3) is 1.00. The summed E-state index contributed by atoms with van der Waals surface area (Å²) in [5.41, 5.74) is -0.744. The van der Waals surface area contributed by atoms with Gasteiger partial charge in [0, 0.05) is 17.8 Å². The molecular weight excluding hydrogens is 180 g/mol. The molecule has 4 nitrogen and oxygen atoms in total. The third kappa shape index (κ3) is 2.94. The van der Waals surface area contributed by atoms with E-state index in [-0.39, 0.29) is 4.92 Å². The van der Waals surface area contributed by atoms with E-state index in [0.717, 1.165) is 13.1 Å². The highest BCUT2D eigenvalue weighted by Crippen LogP contribution is 2.20. The van der Waals surface area contributed by atoms with Crippen molar-refractivity contribution in [3.8, 4) is 0 Å². The van der Waals surface area contributed by atoms with Crippen LogP contribution in [0.4, 0.5) is 0 Å². The lowest BCUT2D eigenvalue weighted by Crippen LogP contribution is -2.48. The number of rotatable bonds is 7. The molecule has 0 aliphatic rings. The highest BCUT2D eigenvalue weighted by atomic mass is 16.6. The van der Waals surface area contributed by atoms with Crippen LogP contribution in [0.1, 0.15) is 40.5 Å². The fourth-order valence-corrected chi connectivity index (χ4v) is 1.65. The molecule has 4 heteroatoms. The zero-order valence-electron chi connectivity index (χ0n) is 9.75. The average Bonchev–Trinajstić information content (AvgIpc) is 2.20. The van der Waals surface area contributed by atoms with Gasteiger partial charge in [0.15, 0.2) is 0 Å². The Hall–Kier alpha value is -0.640. The minimum atomic E-state index is -0.744. The van der Waals surface area contributed by atoms with Gasteiger partial charge in [-0.15, -0.1) is 0 Å². The number of hydrogen-bond donors (Lipinski definition) is 0. The molecule has 0 amide bonds. The van der Waals surface area contributed by atoms with Crippen molar-refractivity contribution >= 4 is 0 Å². The SMILES string of the molecule is CCN(CC)CC(CC)(CC)[N+](=O)[O-]. The van der Waals surface area contributed by atoms with Crippen LogP contribution in [0, 0.1) is 10.1 Å². The van der Waals surface area contributed by atoms with E-state index in [9.17, 15) is 10.1 Å². The van der Waals surface area contributed by atoms with Crippen LogP contribution in [-0.4, -0.2) is 35.0 Å². The van der Waals surface area contributed by atoms with E-state index in [1.54, 1.807) is 0 Å². The van der Waals surface area contributed by atoms with Crippen LogP contribution in [0.2, 0.25) is 0 Å². The summed E-state index contributed by atoms with van der Waals surface area (Å²) in [7, 11) is 0. The molecule has 0 radical (unpaired) electrons. The van der Waals surface area contributed by atoms with Gasteiger partial charge >= 0.3 is 0 Å². The van der Waals surface area contributed by atoms with Gasteiger partial charge in [0.05, 0.1) is 6.54 Å². The first-order chi connectivity index (χ1) is 6.56. The molecule has 0 bridgehead atoms. The minimum Gasteiger partial charge on any atom is -0.297 e. The minimum absolute atomic E-state index is 0.106. The van der Waals surface area contributed by atoms with Crippen molar-refractivity contribution < 1.29 is 4.92 Å². The predicted octanol–water partition coefficient (Wildman–Crippen LogP) is 2.16. The van der Waals surface area contributed by atoms with Gasteiger partial charge in [-0.1, -0.05) is 27.7 Å². The van der Waals surface area contributed by atoms with Gasteiger partial charge in [0.1, 0.15) is 0 Å². The molecule has 0 heterocycles. The maximum absolute atomic E-state index is 11.0. The van der Waals surface area contributed by atoms with Crippen molar-refractivity contribution in [1.29, 1.82) is 0 Å². The molecule has 0 N–H and O–H groups in total. The molecule has 0 saturated carbocycles. The Kier molecular flexibility index (Phi) is 5.69. The Labute approximate surface area is 86.4 Å². The molecule has 14 heavy (non-hydrogen) atoms. The van der Waals surface area contributed by atoms with Crippen LogP contribution in [0.5, 0.6) is 0 Å². The van der Waals surface area contributed by atoms with E-state index in [4.69, 9.17) is 0 Å². The molecule has 84 valence electrons. The predicted molar refractivity (Wildman–Crippen MR) is 58.1 cm³/mol. The third-order valence-corrected chi connectivity index (χ3v) is 3.12. The number of hydrogen-bond acceptors (Lipinski definition) is 3. The summed E-state index contributed by atoms with van der Waals surface area (Å²) in [4.78, 5) is 13.0. The lowest BCUT2D eigenvalue weighted by Gasteiger charge is -2.28. The van der Waals surface area contributed by atoms with Gasteiger partial charge in [0.2, 0.25) is 5.54 Å². The van der Waals surface area contributed by atoms with E-state index in [1.807, 2.05) is 27.7 Å². The second kappa shape index (κ2) is 5.96. The molecule has 0 spiro atoms. The first kappa shape index (κ1) is 13.4. The number of nitro groups is 1. The van der Waals surface area contributed by atoms with Crippen molar-refractivity contribution in [2.24, 2.45) is 0 Å². The maximum atomic E-state index is 11.0. The van der Waals surface area contributed by atoms with Crippen LogP contribution in [-0.2, 0) is 0 Å². The average molecular weight is 202 g/mol. The van der Waals surface area contributed by atoms with E-state index < -0.39 is 5.54 Å². The quantitative estimate of drug-likeness (QED) is 0.469. The van der Waals surface area contributed by atoms with Gasteiger partial charge in [-0.2, -0.15) is 0 Å². The molecular formula is C10H22N2O2. The molecule has 0 aromatic carbocycles. The lowest BCUT2D eigenvalue weighted by atomic mass is 9.93. The van der Waals surface area contributed by atoms with E-state index in [1.165, 1.54) is 0 Å². The van der Waals surface area contributed by atoms with Crippen LogP contribution in [0.25, 0.3) is 0 Å². The highest BCUT2D eigenvalue weighted by molar-refractivity contribution is 4.80.